The molecule has 0 unspecified atom stereocenters. The van der Waals surface area contributed by atoms with Crippen LogP contribution >= 0.6 is 0 Å². The summed E-state index contributed by atoms with van der Waals surface area (Å²) in [6.45, 7) is 2.80. The molecule has 0 radical (unpaired) electrons. The number of methoxy groups -OCH3 is 1. The van der Waals surface area contributed by atoms with Gasteiger partial charge in [0.2, 0.25) is 11.7 Å². The number of aromatic nitrogens is 1. The number of hydrogen-bond donors (Lipinski definition) is 2. The lowest BCUT2D eigenvalue weighted by molar-refractivity contribution is -0.140. The molecule has 1 heterocycles. The van der Waals surface area contributed by atoms with E-state index >= 15 is 0 Å². The predicted octanol–water partition coefficient (Wildman–Crippen LogP) is 1.05. The first-order chi connectivity index (χ1) is 13.0. The summed E-state index contributed by atoms with van der Waals surface area (Å²) in [5.41, 5.74) is 0. The van der Waals surface area contributed by atoms with Crippen molar-refractivity contribution in [2.75, 3.05) is 20.3 Å². The number of carbonyl (C=O) groups is 3. The highest BCUT2D eigenvalue weighted by Gasteiger charge is 2.35. The molecule has 1 fully saturated rings. The molecule has 0 aliphatic heterocycles. The topological polar surface area (TPSA) is 120 Å². The van der Waals surface area contributed by atoms with Gasteiger partial charge in [-0.2, -0.15) is 0 Å². The number of amides is 2. The number of ether oxygens (including phenoxy) is 2. The van der Waals surface area contributed by atoms with Gasteiger partial charge in [-0.3, -0.25) is 14.4 Å². The van der Waals surface area contributed by atoms with Gasteiger partial charge < -0.3 is 24.6 Å². The van der Waals surface area contributed by atoms with Crippen molar-refractivity contribution in [3.05, 3.63) is 18.0 Å². The summed E-state index contributed by atoms with van der Waals surface area (Å²) >= 11 is 0. The molecule has 2 rings (SSSR count). The molecule has 27 heavy (non-hydrogen) atoms. The van der Waals surface area contributed by atoms with Crippen molar-refractivity contribution in [3.8, 4) is 0 Å². The normalized spacial score (nSPS) is 22.1. The highest BCUT2D eigenvalue weighted by atomic mass is 16.5. The van der Waals surface area contributed by atoms with Crippen molar-refractivity contribution in [1.29, 1.82) is 0 Å². The molecule has 3 atom stereocenters. The minimum absolute atomic E-state index is 0.107. The van der Waals surface area contributed by atoms with Gasteiger partial charge in [0.1, 0.15) is 0 Å². The lowest BCUT2D eigenvalue weighted by Crippen LogP contribution is -2.50. The Kier molecular flexibility index (Phi) is 8.25. The van der Waals surface area contributed by atoms with Crippen molar-refractivity contribution in [2.45, 2.75) is 51.2 Å². The third-order valence-electron chi connectivity index (χ3n) is 4.53. The van der Waals surface area contributed by atoms with Crippen molar-refractivity contribution in [1.82, 2.24) is 15.8 Å². The third kappa shape index (κ3) is 6.35. The number of hydrogen-bond acceptors (Lipinski definition) is 7. The molecule has 1 saturated carbocycles. The average molecular weight is 381 g/mol. The zero-order valence-electron chi connectivity index (χ0n) is 15.7. The minimum atomic E-state index is -0.363. The van der Waals surface area contributed by atoms with E-state index in [9.17, 15) is 14.4 Å². The van der Waals surface area contributed by atoms with Gasteiger partial charge in [-0.05, 0) is 25.7 Å². The molecule has 1 aliphatic carbocycles. The molecule has 1 aliphatic rings. The molecule has 9 heteroatoms. The fourth-order valence-corrected chi connectivity index (χ4v) is 3.09. The lowest BCUT2D eigenvalue weighted by Gasteiger charge is -2.35. The summed E-state index contributed by atoms with van der Waals surface area (Å²) in [6, 6.07) is 1.30. The number of nitrogens with one attached hydrogen (secondary N) is 2. The number of carbonyl (C=O) groups excluding carboxylic acids is 3. The van der Waals surface area contributed by atoms with Gasteiger partial charge >= 0.3 is 5.97 Å². The summed E-state index contributed by atoms with van der Waals surface area (Å²) in [6.07, 6.45) is 3.87. The van der Waals surface area contributed by atoms with Gasteiger partial charge in [0.25, 0.3) is 5.91 Å². The van der Waals surface area contributed by atoms with Crippen LogP contribution in [0.4, 0.5) is 0 Å². The van der Waals surface area contributed by atoms with Crippen LogP contribution in [0.15, 0.2) is 16.8 Å². The molecule has 150 valence electrons. The molecular weight excluding hydrogens is 354 g/mol. The van der Waals surface area contributed by atoms with E-state index in [1.54, 1.807) is 0 Å². The van der Waals surface area contributed by atoms with E-state index in [0.717, 1.165) is 6.42 Å². The zero-order valence-corrected chi connectivity index (χ0v) is 15.7. The van der Waals surface area contributed by atoms with E-state index in [4.69, 9.17) is 9.26 Å². The monoisotopic (exact) mass is 381 g/mol. The zero-order chi connectivity index (χ0) is 19.6. The Bertz CT molecular complexity index is 619. The molecule has 9 nitrogen and oxygen atoms in total. The fraction of sp³-hybridized carbons (Fsp3) is 0.667. The van der Waals surface area contributed by atoms with Crippen LogP contribution in [0, 0.1) is 5.92 Å². The molecule has 0 bridgehead atoms. The van der Waals surface area contributed by atoms with Crippen LogP contribution in [-0.4, -0.2) is 55.3 Å². The maximum atomic E-state index is 12.4. The summed E-state index contributed by atoms with van der Waals surface area (Å²) < 4.78 is 15.3. The van der Waals surface area contributed by atoms with E-state index in [1.165, 1.54) is 19.4 Å². The lowest BCUT2D eigenvalue weighted by atomic mass is 9.83. The molecular formula is C18H27N3O6. The van der Waals surface area contributed by atoms with Crippen LogP contribution in [0.25, 0.3) is 0 Å². The van der Waals surface area contributed by atoms with Crippen LogP contribution in [-0.2, 0) is 19.1 Å². The fourth-order valence-electron chi connectivity index (χ4n) is 3.09. The second-order valence-corrected chi connectivity index (χ2v) is 6.49. The van der Waals surface area contributed by atoms with Crippen LogP contribution in [0.3, 0.4) is 0 Å². The Labute approximate surface area is 158 Å². The van der Waals surface area contributed by atoms with Gasteiger partial charge in [0, 0.05) is 25.1 Å². The third-order valence-corrected chi connectivity index (χ3v) is 4.53. The second-order valence-electron chi connectivity index (χ2n) is 6.49. The van der Waals surface area contributed by atoms with Gasteiger partial charge in [-0.1, -0.05) is 12.1 Å². The van der Waals surface area contributed by atoms with Gasteiger partial charge in [0.05, 0.1) is 31.9 Å². The summed E-state index contributed by atoms with van der Waals surface area (Å²) in [5.74, 6) is -0.888. The van der Waals surface area contributed by atoms with E-state index < -0.39 is 0 Å². The molecule has 2 amide bonds. The van der Waals surface area contributed by atoms with Crippen molar-refractivity contribution in [2.24, 2.45) is 5.92 Å². The number of esters is 1. The standard InChI is InChI=1S/C18H27N3O6/c1-3-10-26-15-11-12(17(23)19-8-7-16(22)25-2)4-5-13(15)21-18(24)14-6-9-20-27-14/h6,9,12-13,15H,3-5,7-8,10-11H2,1-2H3,(H,19,23)(H,21,24)/t12-,13-,15-/m0/s1. The van der Waals surface area contributed by atoms with Crippen LogP contribution < -0.4 is 10.6 Å². The average Bonchev–Trinajstić information content (AvgIpc) is 3.21. The summed E-state index contributed by atoms with van der Waals surface area (Å²) in [5, 5.41) is 9.22. The Morgan fingerprint density at radius 1 is 1.33 bits per heavy atom. The first kappa shape index (κ1) is 20.9. The quantitative estimate of drug-likeness (QED) is 0.613. The van der Waals surface area contributed by atoms with Gasteiger partial charge in [0.15, 0.2) is 0 Å². The molecule has 1 aromatic rings. The van der Waals surface area contributed by atoms with Gasteiger partial charge in [-0.15, -0.1) is 0 Å². The first-order valence-corrected chi connectivity index (χ1v) is 9.22. The van der Waals surface area contributed by atoms with Crippen molar-refractivity contribution in [3.63, 3.8) is 0 Å². The molecule has 0 saturated heterocycles. The van der Waals surface area contributed by atoms with E-state index in [2.05, 4.69) is 20.5 Å². The van der Waals surface area contributed by atoms with E-state index in [0.29, 0.717) is 25.9 Å². The predicted molar refractivity (Wildman–Crippen MR) is 94.8 cm³/mol. The first-order valence-electron chi connectivity index (χ1n) is 9.22. The smallest absolute Gasteiger partial charge is 0.307 e. The van der Waals surface area contributed by atoms with Crippen molar-refractivity contribution >= 4 is 17.8 Å². The highest BCUT2D eigenvalue weighted by molar-refractivity contribution is 5.91. The molecule has 0 aromatic carbocycles. The highest BCUT2D eigenvalue weighted by Crippen LogP contribution is 2.27. The van der Waals surface area contributed by atoms with Gasteiger partial charge in [-0.25, -0.2) is 0 Å². The van der Waals surface area contributed by atoms with E-state index in [1.807, 2.05) is 6.92 Å². The Hall–Kier alpha value is -2.42. The maximum absolute atomic E-state index is 12.4. The van der Waals surface area contributed by atoms with E-state index in [-0.39, 0.29) is 54.6 Å². The number of rotatable bonds is 9. The Morgan fingerprint density at radius 3 is 2.81 bits per heavy atom. The minimum Gasteiger partial charge on any atom is -0.469 e. The maximum Gasteiger partial charge on any atom is 0.307 e. The summed E-state index contributed by atoms with van der Waals surface area (Å²) in [7, 11) is 1.31. The molecule has 0 spiro atoms. The van der Waals surface area contributed by atoms with Crippen LogP contribution in [0.1, 0.15) is 49.6 Å². The van der Waals surface area contributed by atoms with Crippen LogP contribution in [0.5, 0.6) is 0 Å². The second kappa shape index (κ2) is 10.7. The largest absolute Gasteiger partial charge is 0.469 e. The summed E-state index contributed by atoms with van der Waals surface area (Å²) in [4.78, 5) is 35.7. The Morgan fingerprint density at radius 2 is 2.15 bits per heavy atom. The van der Waals surface area contributed by atoms with Crippen LogP contribution in [0.2, 0.25) is 0 Å². The molecule has 1 aromatic heterocycles. The SMILES string of the molecule is CCCO[C@H]1C[C@@H](C(=O)NCCC(=O)OC)CC[C@@H]1NC(=O)c1ccno1. The number of nitrogens with zero attached hydrogens (tertiary/aromatic N) is 1. The molecule has 2 N–H and O–H groups in total. The van der Waals surface area contributed by atoms with Crippen molar-refractivity contribution < 1.29 is 28.4 Å². The Balaban J connectivity index is 1.89.